The highest BCUT2D eigenvalue weighted by Gasteiger charge is 2.18. The number of rotatable bonds is 4. The molecule has 19 heavy (non-hydrogen) atoms. The smallest absolute Gasteiger partial charge is 0.175 e. The van der Waals surface area contributed by atoms with E-state index < -0.39 is 9.84 Å². The molecule has 0 atom stereocenters. The lowest BCUT2D eigenvalue weighted by atomic mass is 10.1. The Morgan fingerprint density at radius 1 is 1.21 bits per heavy atom. The first-order valence-corrected chi connectivity index (χ1v) is 9.58. The van der Waals surface area contributed by atoms with Crippen molar-refractivity contribution >= 4 is 21.6 Å². The monoisotopic (exact) mass is 299 g/mol. The molecule has 0 aliphatic carbocycles. The van der Waals surface area contributed by atoms with Crippen LogP contribution in [0, 0.1) is 0 Å². The third kappa shape index (κ3) is 4.23. The highest BCUT2D eigenvalue weighted by atomic mass is 32.2. The number of thioether (sulfide) groups is 1. The third-order valence-electron chi connectivity index (χ3n) is 3.60. The van der Waals surface area contributed by atoms with Gasteiger partial charge in [0.15, 0.2) is 9.84 Å². The molecule has 0 radical (unpaired) electrons. The lowest BCUT2D eigenvalue weighted by Gasteiger charge is -2.31. The summed E-state index contributed by atoms with van der Waals surface area (Å²) in [4.78, 5) is 2.78. The quantitative estimate of drug-likeness (QED) is 0.855. The summed E-state index contributed by atoms with van der Waals surface area (Å²) >= 11 is 2.03. The van der Waals surface area contributed by atoms with Crippen LogP contribution in [0.1, 0.15) is 18.4 Å². The van der Waals surface area contributed by atoms with Crippen LogP contribution in [-0.4, -0.2) is 44.2 Å². The summed E-state index contributed by atoms with van der Waals surface area (Å²) in [6.45, 7) is 0.888. The van der Waals surface area contributed by atoms with Crippen molar-refractivity contribution in [1.29, 1.82) is 0 Å². The van der Waals surface area contributed by atoms with Crippen molar-refractivity contribution in [3.05, 3.63) is 29.8 Å². The van der Waals surface area contributed by atoms with Gasteiger partial charge in [0.2, 0.25) is 0 Å². The maximum atomic E-state index is 11.4. The molecule has 0 bridgehead atoms. The molecule has 2 rings (SSSR count). The van der Waals surface area contributed by atoms with Crippen LogP contribution >= 0.6 is 11.8 Å². The molecule has 1 heterocycles. The van der Waals surface area contributed by atoms with E-state index in [0.29, 0.717) is 10.9 Å². The van der Waals surface area contributed by atoms with E-state index >= 15 is 0 Å². The van der Waals surface area contributed by atoms with Gasteiger partial charge in [-0.15, -0.1) is 0 Å². The normalized spacial score (nSPS) is 17.8. The van der Waals surface area contributed by atoms with E-state index in [-0.39, 0.29) is 0 Å². The zero-order valence-electron chi connectivity index (χ0n) is 11.5. The summed E-state index contributed by atoms with van der Waals surface area (Å²) in [6.07, 6.45) is 3.75. The van der Waals surface area contributed by atoms with Crippen LogP contribution in [-0.2, 0) is 16.4 Å². The minimum absolute atomic E-state index is 0.396. The molecule has 0 spiro atoms. The van der Waals surface area contributed by atoms with Gasteiger partial charge < -0.3 is 0 Å². The molecule has 106 valence electrons. The summed E-state index contributed by atoms with van der Waals surface area (Å²) in [5, 5.41) is 0. The minimum Gasteiger partial charge on any atom is -0.299 e. The summed E-state index contributed by atoms with van der Waals surface area (Å²) in [5.41, 5.74) is 1.17. The molecule has 1 aliphatic heterocycles. The molecule has 0 saturated carbocycles. The van der Waals surface area contributed by atoms with Crippen LogP contribution < -0.4 is 0 Å². The van der Waals surface area contributed by atoms with Crippen LogP contribution in [0.3, 0.4) is 0 Å². The van der Waals surface area contributed by atoms with E-state index in [4.69, 9.17) is 0 Å². The number of sulfone groups is 1. The van der Waals surface area contributed by atoms with Gasteiger partial charge >= 0.3 is 0 Å². The molecule has 3 nitrogen and oxygen atoms in total. The van der Waals surface area contributed by atoms with Gasteiger partial charge in [-0.1, -0.05) is 12.1 Å². The van der Waals surface area contributed by atoms with Crippen molar-refractivity contribution < 1.29 is 8.42 Å². The van der Waals surface area contributed by atoms with Crippen LogP contribution in [0.15, 0.2) is 29.2 Å². The van der Waals surface area contributed by atoms with Crippen molar-refractivity contribution in [3.8, 4) is 0 Å². The fourth-order valence-corrected chi connectivity index (χ4v) is 4.10. The number of hydrogen-bond acceptors (Lipinski definition) is 4. The molecule has 1 aromatic carbocycles. The van der Waals surface area contributed by atoms with Crippen LogP contribution in [0.4, 0.5) is 0 Å². The zero-order chi connectivity index (χ0) is 13.9. The summed E-state index contributed by atoms with van der Waals surface area (Å²) < 4.78 is 22.8. The second kappa shape index (κ2) is 6.29. The predicted octanol–water partition coefficient (Wildman–Crippen LogP) is 2.42. The van der Waals surface area contributed by atoms with Crippen molar-refractivity contribution in [2.45, 2.75) is 30.3 Å². The Kier molecular flexibility index (Phi) is 4.92. The second-order valence-corrected chi connectivity index (χ2v) is 8.42. The first-order chi connectivity index (χ1) is 8.97. The van der Waals surface area contributed by atoms with Crippen molar-refractivity contribution in [3.63, 3.8) is 0 Å². The highest BCUT2D eigenvalue weighted by Crippen LogP contribution is 2.22. The van der Waals surface area contributed by atoms with Gasteiger partial charge in [-0.2, -0.15) is 11.8 Å². The number of benzene rings is 1. The molecule has 5 heteroatoms. The maximum Gasteiger partial charge on any atom is 0.175 e. The summed E-state index contributed by atoms with van der Waals surface area (Å²) in [5.74, 6) is 2.50. The topological polar surface area (TPSA) is 37.4 Å². The van der Waals surface area contributed by atoms with E-state index in [2.05, 4.69) is 11.9 Å². The zero-order valence-corrected chi connectivity index (χ0v) is 13.1. The molecule has 0 unspecified atom stereocenters. The lowest BCUT2D eigenvalue weighted by molar-refractivity contribution is 0.221. The number of nitrogens with zero attached hydrogens (tertiary/aromatic N) is 1. The predicted molar refractivity (Wildman–Crippen MR) is 81.4 cm³/mol. The SMILES string of the molecule is CN(Cc1ccc(S(C)(=O)=O)cc1)C1CCSCC1. The van der Waals surface area contributed by atoms with Crippen molar-refractivity contribution in [2.24, 2.45) is 0 Å². The number of hydrogen-bond donors (Lipinski definition) is 0. The van der Waals surface area contributed by atoms with E-state index in [1.165, 1.54) is 36.2 Å². The maximum absolute atomic E-state index is 11.4. The Morgan fingerprint density at radius 3 is 2.32 bits per heavy atom. The Labute approximate surface area is 120 Å². The average Bonchev–Trinajstić information content (AvgIpc) is 2.39. The Bertz CT molecular complexity index is 505. The standard InChI is InChI=1S/C14H21NO2S2/c1-15(13-7-9-18-10-8-13)11-12-3-5-14(6-4-12)19(2,16)17/h3-6,13H,7-11H2,1-2H3. The van der Waals surface area contributed by atoms with E-state index in [9.17, 15) is 8.42 Å². The Morgan fingerprint density at radius 2 is 1.79 bits per heavy atom. The van der Waals surface area contributed by atoms with Crippen LogP contribution in [0.25, 0.3) is 0 Å². The van der Waals surface area contributed by atoms with E-state index in [1.54, 1.807) is 12.1 Å². The van der Waals surface area contributed by atoms with Gasteiger partial charge in [-0.25, -0.2) is 8.42 Å². The van der Waals surface area contributed by atoms with Crippen LogP contribution in [0.5, 0.6) is 0 Å². The molecule has 1 saturated heterocycles. The van der Waals surface area contributed by atoms with Crippen LogP contribution in [0.2, 0.25) is 0 Å². The largest absolute Gasteiger partial charge is 0.299 e. The Balaban J connectivity index is 1.99. The molecule has 1 aliphatic rings. The first kappa shape index (κ1) is 14.9. The molecule has 1 aromatic rings. The fraction of sp³-hybridized carbons (Fsp3) is 0.571. The minimum atomic E-state index is -3.08. The second-order valence-electron chi connectivity index (χ2n) is 5.17. The van der Waals surface area contributed by atoms with Gasteiger partial charge in [0, 0.05) is 18.8 Å². The van der Waals surface area contributed by atoms with Gasteiger partial charge in [0.25, 0.3) is 0 Å². The molecule has 1 fully saturated rings. The van der Waals surface area contributed by atoms with E-state index in [1.807, 2.05) is 23.9 Å². The van der Waals surface area contributed by atoms with Crippen molar-refractivity contribution in [1.82, 2.24) is 4.90 Å². The first-order valence-electron chi connectivity index (χ1n) is 6.54. The average molecular weight is 299 g/mol. The van der Waals surface area contributed by atoms with Gasteiger partial charge in [-0.05, 0) is 49.1 Å². The lowest BCUT2D eigenvalue weighted by Crippen LogP contribution is -2.34. The summed E-state index contributed by atoms with van der Waals surface area (Å²) in [7, 11) is -0.927. The molecule has 0 aromatic heterocycles. The summed E-state index contributed by atoms with van der Waals surface area (Å²) in [6, 6.07) is 7.91. The molecule has 0 N–H and O–H groups in total. The highest BCUT2D eigenvalue weighted by molar-refractivity contribution is 7.99. The molecule has 0 amide bonds. The molecular formula is C14H21NO2S2. The van der Waals surface area contributed by atoms with E-state index in [0.717, 1.165) is 6.54 Å². The van der Waals surface area contributed by atoms with Gasteiger partial charge in [0.1, 0.15) is 0 Å². The Hall–Kier alpha value is -0.520. The third-order valence-corrected chi connectivity index (χ3v) is 5.77. The van der Waals surface area contributed by atoms with Gasteiger partial charge in [-0.3, -0.25) is 4.90 Å². The van der Waals surface area contributed by atoms with Gasteiger partial charge in [0.05, 0.1) is 4.90 Å². The fourth-order valence-electron chi connectivity index (χ4n) is 2.39. The molecular weight excluding hydrogens is 278 g/mol. The van der Waals surface area contributed by atoms with Crippen molar-refractivity contribution in [2.75, 3.05) is 24.8 Å².